The van der Waals surface area contributed by atoms with Crippen molar-refractivity contribution in [3.63, 3.8) is 0 Å². The van der Waals surface area contributed by atoms with Gasteiger partial charge in [-0.1, -0.05) is 54.6 Å². The Morgan fingerprint density at radius 2 is 1.64 bits per heavy atom. The number of aromatic nitrogens is 1. The maximum atomic E-state index is 12.7. The Balaban J connectivity index is 1.66. The predicted octanol–water partition coefficient (Wildman–Crippen LogP) is 5.06. The number of carbonyl (C=O) groups is 1. The summed E-state index contributed by atoms with van der Waals surface area (Å²) >= 11 is 0. The highest BCUT2D eigenvalue weighted by molar-refractivity contribution is 6.08. The van der Waals surface area contributed by atoms with E-state index in [0.717, 1.165) is 22.0 Å². The summed E-state index contributed by atoms with van der Waals surface area (Å²) in [6.07, 6.45) is 0. The van der Waals surface area contributed by atoms with Crippen LogP contribution in [0.2, 0.25) is 0 Å². The summed E-state index contributed by atoms with van der Waals surface area (Å²) in [7, 11) is 0. The number of oxazole rings is 1. The zero-order chi connectivity index (χ0) is 17.2. The summed E-state index contributed by atoms with van der Waals surface area (Å²) < 4.78 is 5.68. The summed E-state index contributed by atoms with van der Waals surface area (Å²) in [4.78, 5) is 17.1. The maximum Gasteiger partial charge on any atom is 0.277 e. The van der Waals surface area contributed by atoms with Crippen molar-refractivity contribution >= 4 is 22.4 Å². The van der Waals surface area contributed by atoms with Gasteiger partial charge in [-0.2, -0.15) is 0 Å². The van der Waals surface area contributed by atoms with Gasteiger partial charge in [0.25, 0.3) is 5.91 Å². The zero-order valence-electron chi connectivity index (χ0n) is 13.7. The van der Waals surface area contributed by atoms with Gasteiger partial charge >= 0.3 is 0 Å². The highest BCUT2D eigenvalue weighted by Crippen LogP contribution is 2.25. The van der Waals surface area contributed by atoms with Crippen LogP contribution in [0, 0.1) is 6.92 Å². The molecule has 4 heteroatoms. The minimum atomic E-state index is -0.278. The van der Waals surface area contributed by atoms with Crippen molar-refractivity contribution in [2.75, 3.05) is 5.32 Å². The molecule has 122 valence electrons. The lowest BCUT2D eigenvalue weighted by Crippen LogP contribution is -2.13. The number of nitrogens with zero attached hydrogens (tertiary/aromatic N) is 1. The monoisotopic (exact) mass is 328 g/mol. The van der Waals surface area contributed by atoms with Gasteiger partial charge in [-0.3, -0.25) is 4.79 Å². The van der Waals surface area contributed by atoms with Gasteiger partial charge in [-0.25, -0.2) is 4.98 Å². The number of benzene rings is 3. The lowest BCUT2D eigenvalue weighted by molar-refractivity contribution is 0.102. The lowest BCUT2D eigenvalue weighted by Gasteiger charge is -2.07. The van der Waals surface area contributed by atoms with Crippen LogP contribution in [-0.4, -0.2) is 10.9 Å². The molecule has 0 aliphatic rings. The van der Waals surface area contributed by atoms with E-state index in [1.165, 1.54) is 0 Å². The fraction of sp³-hybridized carbons (Fsp3) is 0.0476. The zero-order valence-corrected chi connectivity index (χ0v) is 13.7. The van der Waals surface area contributed by atoms with E-state index in [-0.39, 0.29) is 5.91 Å². The molecule has 0 fully saturated rings. The van der Waals surface area contributed by atoms with Crippen LogP contribution >= 0.6 is 0 Å². The summed E-state index contributed by atoms with van der Waals surface area (Å²) in [6, 6.07) is 23.3. The molecule has 1 heterocycles. The Morgan fingerprint density at radius 1 is 0.920 bits per heavy atom. The number of fused-ring (bicyclic) bond motifs is 1. The van der Waals surface area contributed by atoms with E-state index in [1.807, 2.05) is 72.8 Å². The summed E-state index contributed by atoms with van der Waals surface area (Å²) in [5.74, 6) is 0.664. The average molecular weight is 328 g/mol. The fourth-order valence-electron chi connectivity index (χ4n) is 2.83. The Labute approximate surface area is 145 Å². The molecule has 25 heavy (non-hydrogen) atoms. The van der Waals surface area contributed by atoms with Crippen LogP contribution in [0.3, 0.4) is 0 Å². The highest BCUT2D eigenvalue weighted by Gasteiger charge is 2.18. The van der Waals surface area contributed by atoms with Crippen molar-refractivity contribution < 1.29 is 9.21 Å². The van der Waals surface area contributed by atoms with Gasteiger partial charge in [-0.05, 0) is 30.5 Å². The third-order valence-corrected chi connectivity index (χ3v) is 4.07. The number of rotatable bonds is 3. The second-order valence-electron chi connectivity index (χ2n) is 5.77. The van der Waals surface area contributed by atoms with Gasteiger partial charge in [-0.15, -0.1) is 0 Å². The summed E-state index contributed by atoms with van der Waals surface area (Å²) in [5.41, 5.74) is 1.90. The average Bonchev–Trinajstić information content (AvgIpc) is 3.05. The van der Waals surface area contributed by atoms with E-state index in [4.69, 9.17) is 4.42 Å². The molecular formula is C21H16N2O2. The van der Waals surface area contributed by atoms with Crippen molar-refractivity contribution in [1.82, 2.24) is 4.98 Å². The number of aryl methyl sites for hydroxylation is 1. The molecular weight excluding hydrogens is 312 g/mol. The molecule has 0 saturated heterocycles. The van der Waals surface area contributed by atoms with Gasteiger partial charge in [0.1, 0.15) is 5.76 Å². The molecule has 4 aromatic rings. The Kier molecular flexibility index (Phi) is 3.78. The number of amides is 1. The van der Waals surface area contributed by atoms with Crippen LogP contribution in [0.4, 0.5) is 5.69 Å². The highest BCUT2D eigenvalue weighted by atomic mass is 16.4. The topological polar surface area (TPSA) is 55.1 Å². The SMILES string of the molecule is Cc1oc(-c2ccccc2)nc1C(=O)Nc1cccc2ccccc12. The van der Waals surface area contributed by atoms with E-state index in [1.54, 1.807) is 6.92 Å². The van der Waals surface area contributed by atoms with Gasteiger partial charge in [0.2, 0.25) is 5.89 Å². The fourth-order valence-corrected chi connectivity index (χ4v) is 2.83. The molecule has 1 N–H and O–H groups in total. The van der Waals surface area contributed by atoms with Crippen LogP contribution < -0.4 is 5.32 Å². The molecule has 0 radical (unpaired) electrons. The molecule has 0 unspecified atom stereocenters. The first kappa shape index (κ1) is 15.1. The van der Waals surface area contributed by atoms with Crippen LogP contribution in [-0.2, 0) is 0 Å². The smallest absolute Gasteiger partial charge is 0.277 e. The maximum absolute atomic E-state index is 12.7. The quantitative estimate of drug-likeness (QED) is 0.572. The second kappa shape index (κ2) is 6.24. The standard InChI is InChI=1S/C21H16N2O2/c1-14-19(23-21(25-14)16-9-3-2-4-10-16)20(24)22-18-13-7-11-15-8-5-6-12-17(15)18/h2-13H,1H3,(H,22,24). The number of carbonyl (C=O) groups excluding carboxylic acids is 1. The van der Waals surface area contributed by atoms with E-state index < -0.39 is 0 Å². The first-order valence-electron chi connectivity index (χ1n) is 8.04. The first-order valence-corrected chi connectivity index (χ1v) is 8.04. The van der Waals surface area contributed by atoms with Gasteiger partial charge in [0, 0.05) is 16.6 Å². The normalized spacial score (nSPS) is 10.8. The Hall–Kier alpha value is -3.40. The van der Waals surface area contributed by atoms with E-state index in [2.05, 4.69) is 10.3 Å². The van der Waals surface area contributed by atoms with Crippen LogP contribution in [0.1, 0.15) is 16.2 Å². The van der Waals surface area contributed by atoms with Crippen molar-refractivity contribution in [3.05, 3.63) is 84.3 Å². The second-order valence-corrected chi connectivity index (χ2v) is 5.77. The van der Waals surface area contributed by atoms with Gasteiger partial charge in [0.05, 0.1) is 0 Å². The van der Waals surface area contributed by atoms with E-state index in [9.17, 15) is 4.79 Å². The van der Waals surface area contributed by atoms with Gasteiger partial charge < -0.3 is 9.73 Å². The Bertz CT molecular complexity index is 1050. The van der Waals surface area contributed by atoms with Crippen molar-refractivity contribution in [1.29, 1.82) is 0 Å². The molecule has 0 bridgehead atoms. The van der Waals surface area contributed by atoms with Crippen molar-refractivity contribution in [2.24, 2.45) is 0 Å². The number of anilines is 1. The first-order chi connectivity index (χ1) is 12.2. The molecule has 4 nitrogen and oxygen atoms in total. The van der Waals surface area contributed by atoms with E-state index >= 15 is 0 Å². The third-order valence-electron chi connectivity index (χ3n) is 4.07. The molecule has 1 aromatic heterocycles. The summed E-state index contributed by atoms with van der Waals surface area (Å²) in [6.45, 7) is 1.75. The molecule has 0 atom stereocenters. The molecule has 1 amide bonds. The number of hydrogen-bond donors (Lipinski definition) is 1. The lowest BCUT2D eigenvalue weighted by atomic mass is 10.1. The van der Waals surface area contributed by atoms with Crippen LogP contribution in [0.25, 0.3) is 22.2 Å². The number of hydrogen-bond acceptors (Lipinski definition) is 3. The van der Waals surface area contributed by atoms with Crippen LogP contribution in [0.5, 0.6) is 0 Å². The van der Waals surface area contributed by atoms with Crippen molar-refractivity contribution in [2.45, 2.75) is 6.92 Å². The Morgan fingerprint density at radius 3 is 2.48 bits per heavy atom. The largest absolute Gasteiger partial charge is 0.441 e. The molecule has 0 aliphatic heterocycles. The van der Waals surface area contributed by atoms with Gasteiger partial charge in [0.15, 0.2) is 5.69 Å². The minimum absolute atomic E-state index is 0.278. The van der Waals surface area contributed by atoms with Crippen molar-refractivity contribution in [3.8, 4) is 11.5 Å². The minimum Gasteiger partial charge on any atom is -0.441 e. The third kappa shape index (κ3) is 2.90. The van der Waals surface area contributed by atoms with E-state index in [0.29, 0.717) is 17.3 Å². The number of nitrogens with one attached hydrogen (secondary N) is 1. The summed E-state index contributed by atoms with van der Waals surface area (Å²) in [5, 5.41) is 5.01. The molecule has 3 aromatic carbocycles. The molecule has 4 rings (SSSR count). The van der Waals surface area contributed by atoms with Crippen LogP contribution in [0.15, 0.2) is 77.2 Å². The predicted molar refractivity (Wildman–Crippen MR) is 98.6 cm³/mol. The molecule has 0 aliphatic carbocycles. The molecule has 0 spiro atoms. The molecule has 0 saturated carbocycles.